The Hall–Kier alpha value is -3.12. The van der Waals surface area contributed by atoms with E-state index in [0.717, 1.165) is 11.8 Å². The lowest BCUT2D eigenvalue weighted by Crippen LogP contribution is -2.38. The van der Waals surface area contributed by atoms with Crippen molar-refractivity contribution in [3.8, 4) is 0 Å². The van der Waals surface area contributed by atoms with Crippen molar-refractivity contribution in [3.63, 3.8) is 0 Å². The van der Waals surface area contributed by atoms with Gasteiger partial charge in [0.1, 0.15) is 0 Å². The molecule has 0 heteroatoms. The minimum absolute atomic E-state index is 0.258. The first-order valence-corrected chi connectivity index (χ1v) is 27.6. The maximum Gasteiger partial charge on any atom is -0.00751 e. The maximum absolute atomic E-state index is 2.44. The third kappa shape index (κ3) is 32.5. The van der Waals surface area contributed by atoms with E-state index in [4.69, 9.17) is 0 Å². The van der Waals surface area contributed by atoms with E-state index in [0.29, 0.717) is 5.92 Å². The summed E-state index contributed by atoms with van der Waals surface area (Å²) in [6.07, 6.45) is 13.6. The highest BCUT2D eigenvalue weighted by atomic mass is 14.5. The van der Waals surface area contributed by atoms with Crippen LogP contribution in [0.4, 0.5) is 0 Å². The van der Waals surface area contributed by atoms with Crippen molar-refractivity contribution in [1.82, 2.24) is 0 Å². The second kappa shape index (κ2) is 56.0. The van der Waals surface area contributed by atoms with Crippen molar-refractivity contribution >= 4 is 0 Å². The van der Waals surface area contributed by atoms with Gasteiger partial charge in [0.15, 0.2) is 0 Å². The summed E-state index contributed by atoms with van der Waals surface area (Å²) < 4.78 is 0. The van der Waals surface area contributed by atoms with Gasteiger partial charge < -0.3 is 0 Å². The van der Waals surface area contributed by atoms with E-state index in [2.05, 4.69) is 81.4 Å². The number of hydrogen-bond donors (Lipinski definition) is 0. The van der Waals surface area contributed by atoms with Crippen molar-refractivity contribution in [1.29, 1.82) is 0 Å². The van der Waals surface area contributed by atoms with Gasteiger partial charge in [0.2, 0.25) is 0 Å². The molecule has 5 fully saturated rings. The second-order valence-electron chi connectivity index (χ2n) is 14.8. The first kappa shape index (κ1) is 72.5. The zero-order valence-corrected chi connectivity index (χ0v) is 47.6. The molecule has 5 saturated carbocycles. The molecule has 4 aromatic carbocycles. The Morgan fingerprint density at radius 1 is 0.312 bits per heavy atom. The topological polar surface area (TPSA) is 0 Å². The van der Waals surface area contributed by atoms with E-state index in [9.17, 15) is 0 Å². The molecule has 4 bridgehead atoms. The average molecular weight is 886 g/mol. The number of hydrogen-bond acceptors (Lipinski definition) is 0. The van der Waals surface area contributed by atoms with Crippen LogP contribution in [0.15, 0.2) is 133 Å². The van der Waals surface area contributed by atoms with Crippen molar-refractivity contribution < 1.29 is 0 Å². The summed E-state index contributed by atoms with van der Waals surface area (Å²) in [7, 11) is 0. The number of benzene rings is 4. The zero-order valence-electron chi connectivity index (χ0n) is 47.6. The summed E-state index contributed by atoms with van der Waals surface area (Å²) in [5.41, 5.74) is 3.28. The molecule has 5 aliphatic rings. The summed E-state index contributed by atoms with van der Waals surface area (Å²) in [5.74, 6) is 6.98. The van der Waals surface area contributed by atoms with Gasteiger partial charge in [0.05, 0.1) is 0 Å². The summed E-state index contributed by atoms with van der Waals surface area (Å²) in [6.45, 7) is 47.3. The van der Waals surface area contributed by atoms with Crippen LogP contribution < -0.4 is 0 Å². The molecule has 64 heavy (non-hydrogen) atoms. The maximum atomic E-state index is 2.44. The Morgan fingerprint density at radius 3 is 0.812 bits per heavy atom. The third-order valence-electron chi connectivity index (χ3n) is 11.3. The normalized spacial score (nSPS) is 20.3. The highest BCUT2D eigenvalue weighted by molar-refractivity contribution is 5.27. The molecule has 5 aliphatic carbocycles. The van der Waals surface area contributed by atoms with Crippen LogP contribution >= 0.6 is 0 Å². The smallest absolute Gasteiger partial charge is 0.00751 e. The predicted molar refractivity (Wildman–Crippen MR) is 303 cm³/mol. The molecule has 0 radical (unpaired) electrons. The molecule has 0 aliphatic heterocycles. The molecule has 3 atom stereocenters. The van der Waals surface area contributed by atoms with Crippen LogP contribution in [-0.2, 0) is 5.41 Å². The van der Waals surface area contributed by atoms with Crippen molar-refractivity contribution in [2.45, 2.75) is 228 Å². The van der Waals surface area contributed by atoms with Crippen molar-refractivity contribution in [2.24, 2.45) is 35.5 Å². The van der Waals surface area contributed by atoms with Crippen LogP contribution in [0.1, 0.15) is 234 Å². The average Bonchev–Trinajstić information content (AvgIpc) is 3.42. The Bertz CT molecular complexity index is 1150. The van der Waals surface area contributed by atoms with Gasteiger partial charge in [-0.25, -0.2) is 0 Å². The molecule has 0 amide bonds. The van der Waals surface area contributed by atoms with Crippen molar-refractivity contribution in [2.75, 3.05) is 0 Å². The Kier molecular flexibility index (Phi) is 63.4. The fourth-order valence-corrected chi connectivity index (χ4v) is 9.00. The second-order valence-corrected chi connectivity index (χ2v) is 14.8. The summed E-state index contributed by atoms with van der Waals surface area (Å²) in [5, 5.41) is 0. The minimum Gasteiger partial charge on any atom is -0.0683 e. The van der Waals surface area contributed by atoms with Gasteiger partial charge >= 0.3 is 0 Å². The Morgan fingerprint density at radius 2 is 0.547 bits per heavy atom. The van der Waals surface area contributed by atoms with Crippen LogP contribution in [0, 0.1) is 35.5 Å². The molecule has 372 valence electrons. The van der Waals surface area contributed by atoms with Gasteiger partial charge in [-0.3, -0.25) is 0 Å². The van der Waals surface area contributed by atoms with Crippen LogP contribution in [0.3, 0.4) is 0 Å². The van der Waals surface area contributed by atoms with Gasteiger partial charge in [0, 0.05) is 0 Å². The van der Waals surface area contributed by atoms with Crippen LogP contribution in [0.25, 0.3) is 0 Å². The molecular weight excluding hydrogens is 769 g/mol. The van der Waals surface area contributed by atoms with Gasteiger partial charge in [-0.1, -0.05) is 293 Å². The third-order valence-corrected chi connectivity index (χ3v) is 11.3. The van der Waals surface area contributed by atoms with Crippen LogP contribution in [0.2, 0.25) is 0 Å². The fraction of sp³-hybridized carbons (Fsp3) is 0.625. The van der Waals surface area contributed by atoms with E-state index in [1.165, 1.54) is 54.1 Å². The van der Waals surface area contributed by atoms with E-state index in [1.54, 1.807) is 38.5 Å². The largest absolute Gasteiger partial charge is 0.0683 e. The predicted octanol–water partition coefficient (Wildman–Crippen LogP) is 22.7. The number of rotatable bonds is 3. The lowest BCUT2D eigenvalue weighted by atomic mass is 9.56. The molecule has 0 aromatic heterocycles. The quantitative estimate of drug-likeness (QED) is 0.192. The molecule has 0 nitrogen and oxygen atoms in total. The van der Waals surface area contributed by atoms with E-state index >= 15 is 0 Å². The van der Waals surface area contributed by atoms with Gasteiger partial charge in [-0.2, -0.15) is 0 Å². The summed E-state index contributed by atoms with van der Waals surface area (Å²) in [4.78, 5) is 0. The highest BCUT2D eigenvalue weighted by Crippen LogP contribution is 2.53. The fourth-order valence-electron chi connectivity index (χ4n) is 9.00. The molecule has 3 unspecified atom stereocenters. The molecule has 4 aromatic rings. The van der Waals surface area contributed by atoms with E-state index < -0.39 is 0 Å². The summed E-state index contributed by atoms with van der Waals surface area (Å²) >= 11 is 0. The lowest BCUT2D eigenvalue weighted by Gasteiger charge is -2.49. The van der Waals surface area contributed by atoms with E-state index in [1.807, 2.05) is 211 Å². The van der Waals surface area contributed by atoms with E-state index in [-0.39, 0.29) is 5.41 Å². The SMILES string of the molecule is C1C2CC3CC1CC(C2)C3.CC.CC.CC.CC.CC.CC.CC.CC.CC.CC.CC1CCC(C(C)(C)c2ccccc2)CC1c1ccccc1.c1ccccc1.c1ccccc1. The van der Waals surface area contributed by atoms with Gasteiger partial charge in [-0.15, -0.1) is 0 Å². The van der Waals surface area contributed by atoms with Gasteiger partial charge in [0.25, 0.3) is 0 Å². The monoisotopic (exact) mass is 885 g/mol. The van der Waals surface area contributed by atoms with Crippen LogP contribution in [0.5, 0.6) is 0 Å². The standard InChI is InChI=1S/C22H28.C10H16.2C6H6.10C2H6/c1-17-14-15-20(16-21(17)18-10-6-4-7-11-18)22(2,3)19-12-8-5-9-13-19;1-7-2-9-4-8(1)5-10(3-7)6-9;2*1-2-4-6-5-3-1;10*1-2/h4-13,17,20-21H,14-16H2,1-3H3;7-10H,1-6H2;2*1-6H;10*1-2H3. The Labute approximate surface area is 406 Å². The minimum atomic E-state index is 0.258. The molecule has 9 rings (SSSR count). The first-order chi connectivity index (χ1) is 31.5. The molecule has 0 heterocycles. The van der Waals surface area contributed by atoms with Crippen LogP contribution in [-0.4, -0.2) is 0 Å². The lowest BCUT2D eigenvalue weighted by molar-refractivity contribution is 0.0198. The van der Waals surface area contributed by atoms with Crippen molar-refractivity contribution in [3.05, 3.63) is 145 Å². The molecule has 0 spiro atoms. The zero-order chi connectivity index (χ0) is 50.6. The molecule has 0 saturated heterocycles. The Balaban J connectivity index is -0.000000168. The highest BCUT2D eigenvalue weighted by Gasteiger charge is 2.42. The summed E-state index contributed by atoms with van der Waals surface area (Å²) in [6, 6.07) is 46.2. The van der Waals surface area contributed by atoms with Gasteiger partial charge in [-0.05, 0) is 116 Å². The molecule has 0 N–H and O–H groups in total. The first-order valence-electron chi connectivity index (χ1n) is 27.6. The molecular formula is C64H116.